The van der Waals surface area contributed by atoms with E-state index in [9.17, 15) is 28.8 Å². The Morgan fingerprint density at radius 3 is 1.20 bits per heavy atom. The highest BCUT2D eigenvalue weighted by Gasteiger charge is 2.45. The van der Waals surface area contributed by atoms with Crippen LogP contribution in [0.4, 0.5) is 0 Å². The van der Waals surface area contributed by atoms with Crippen molar-refractivity contribution in [2.24, 2.45) is 29.6 Å². The van der Waals surface area contributed by atoms with Gasteiger partial charge >= 0.3 is 17.9 Å². The van der Waals surface area contributed by atoms with Crippen molar-refractivity contribution in [1.82, 2.24) is 14.7 Å². The van der Waals surface area contributed by atoms with E-state index < -0.39 is 102 Å². The summed E-state index contributed by atoms with van der Waals surface area (Å²) in [6.45, 7) is 17.7. The van der Waals surface area contributed by atoms with Gasteiger partial charge in [-0.2, -0.15) is 0 Å². The fourth-order valence-corrected chi connectivity index (χ4v) is 6.24. The Morgan fingerprint density at radius 2 is 0.863 bits per heavy atom. The van der Waals surface area contributed by atoms with Crippen molar-refractivity contribution in [3.05, 3.63) is 35.9 Å². The molecule has 0 aliphatic carbocycles. The van der Waals surface area contributed by atoms with E-state index in [1.807, 2.05) is 44.2 Å². The summed E-state index contributed by atoms with van der Waals surface area (Å²) in [6, 6.07) is 5.63. The molecular weight excluding hydrogens is 654 g/mol. The van der Waals surface area contributed by atoms with Gasteiger partial charge in [0.1, 0.15) is 18.1 Å². The number of esters is 3. The van der Waals surface area contributed by atoms with E-state index in [0.717, 1.165) is 5.56 Å². The van der Waals surface area contributed by atoms with Gasteiger partial charge in [0.2, 0.25) is 0 Å². The van der Waals surface area contributed by atoms with E-state index in [-0.39, 0.29) is 6.42 Å². The molecule has 8 atom stereocenters. The second kappa shape index (κ2) is 19.0. The van der Waals surface area contributed by atoms with Crippen molar-refractivity contribution >= 4 is 35.6 Å². The molecule has 12 heteroatoms. The summed E-state index contributed by atoms with van der Waals surface area (Å²) in [6.07, 6.45) is -2.87. The average Bonchev–Trinajstić information content (AvgIpc) is 3.08. The predicted molar refractivity (Wildman–Crippen MR) is 193 cm³/mol. The summed E-state index contributed by atoms with van der Waals surface area (Å²) in [5.74, 6) is -6.58. The molecular formula is C39H61N3O9. The highest BCUT2D eigenvalue weighted by Crippen LogP contribution is 2.26. The predicted octanol–water partition coefficient (Wildman–Crippen LogP) is 4.52. The molecule has 2 rings (SSSR count). The molecule has 12 nitrogen and oxygen atoms in total. The molecule has 1 aliphatic rings. The standard InChI is InChI=1S/C39H61N3O9/c1-14-25(9)29-38(47)50-31(22(3)4)34(43)40(11)28(21-27-19-17-16-18-20-27)37(46)49-32(23(5)6)35(44)41(12)30(26(10)15-2)39(48)51-33(24(7)8)36(45)42(29)13/h16-20,22-26,28-33H,14-15,21H2,1-13H3/t25-,26-,28+,29+,30+,31-,32-,33-/m1/s1. The number of benzene rings is 1. The smallest absolute Gasteiger partial charge is 0.329 e. The number of nitrogens with zero attached hydrogens (tertiary/aromatic N) is 3. The zero-order valence-corrected chi connectivity index (χ0v) is 32.9. The van der Waals surface area contributed by atoms with Gasteiger partial charge in [0.05, 0.1) is 0 Å². The lowest BCUT2D eigenvalue weighted by Crippen LogP contribution is -2.57. The first-order valence-electron chi connectivity index (χ1n) is 18.3. The number of rotatable bonds is 9. The Bertz CT molecular complexity index is 1350. The van der Waals surface area contributed by atoms with Crippen LogP contribution in [-0.2, 0) is 49.4 Å². The molecule has 0 radical (unpaired) electrons. The van der Waals surface area contributed by atoms with Crippen LogP contribution in [0.1, 0.15) is 87.6 Å². The quantitative estimate of drug-likeness (QED) is 0.267. The first-order chi connectivity index (χ1) is 23.8. The molecule has 1 aliphatic heterocycles. The molecule has 3 amide bonds. The Kier molecular flexibility index (Phi) is 16.1. The minimum Gasteiger partial charge on any atom is -0.450 e. The van der Waals surface area contributed by atoms with E-state index in [4.69, 9.17) is 14.2 Å². The van der Waals surface area contributed by atoms with Crippen molar-refractivity contribution in [2.45, 2.75) is 125 Å². The molecule has 0 bridgehead atoms. The summed E-state index contributed by atoms with van der Waals surface area (Å²) in [5.41, 5.74) is 0.736. The lowest BCUT2D eigenvalue weighted by Gasteiger charge is -2.38. The SMILES string of the molecule is CC[C@@H](C)[C@H]1C(=O)O[C@H](C(C)C)C(=O)N(C)[C@@H](Cc2ccccc2)C(=O)O[C@H](C(C)C)C(=O)N(C)[C@@H]([C@H](C)CC)C(=O)O[C@H](C(C)C)C(=O)N1C. The third-order valence-electron chi connectivity index (χ3n) is 10.0. The van der Waals surface area contributed by atoms with Crippen molar-refractivity contribution in [1.29, 1.82) is 0 Å². The van der Waals surface area contributed by atoms with Crippen molar-refractivity contribution < 1.29 is 43.0 Å². The van der Waals surface area contributed by atoms with Crippen LogP contribution < -0.4 is 0 Å². The highest BCUT2D eigenvalue weighted by atomic mass is 16.6. The van der Waals surface area contributed by atoms with Gasteiger partial charge in [0.15, 0.2) is 18.3 Å². The number of cyclic esters (lactones) is 3. The maximum atomic E-state index is 14.3. The highest BCUT2D eigenvalue weighted by molar-refractivity contribution is 5.94. The Balaban J connectivity index is 2.85. The molecule has 1 heterocycles. The normalized spacial score (nSPS) is 26.5. The fraction of sp³-hybridized carbons (Fsp3) is 0.692. The maximum Gasteiger partial charge on any atom is 0.329 e. The molecule has 51 heavy (non-hydrogen) atoms. The minimum absolute atomic E-state index is 0.0562. The zero-order valence-electron chi connectivity index (χ0n) is 32.9. The lowest BCUT2D eigenvalue weighted by atomic mass is 9.95. The maximum absolute atomic E-state index is 14.3. The summed E-state index contributed by atoms with van der Waals surface area (Å²) < 4.78 is 17.9. The van der Waals surface area contributed by atoms with Crippen molar-refractivity contribution in [3.8, 4) is 0 Å². The Hall–Kier alpha value is -3.96. The number of carbonyl (C=O) groups is 6. The zero-order chi connectivity index (χ0) is 38.9. The Labute approximate surface area is 304 Å². The van der Waals surface area contributed by atoms with Gasteiger partial charge < -0.3 is 28.9 Å². The number of carbonyl (C=O) groups excluding carboxylic acids is 6. The Morgan fingerprint density at radius 1 is 0.529 bits per heavy atom. The monoisotopic (exact) mass is 715 g/mol. The molecule has 1 saturated heterocycles. The molecule has 0 aromatic heterocycles. The summed E-state index contributed by atoms with van der Waals surface area (Å²) in [5, 5.41) is 0. The second-order valence-electron chi connectivity index (χ2n) is 15.0. The first-order valence-corrected chi connectivity index (χ1v) is 18.3. The number of hydrogen-bond donors (Lipinski definition) is 0. The molecule has 0 N–H and O–H groups in total. The van der Waals surface area contributed by atoms with Gasteiger partial charge in [-0.25, -0.2) is 14.4 Å². The molecule has 1 aromatic rings. The van der Waals surface area contributed by atoms with Crippen LogP contribution in [0.15, 0.2) is 30.3 Å². The van der Waals surface area contributed by atoms with Gasteiger partial charge in [0, 0.05) is 27.6 Å². The van der Waals surface area contributed by atoms with Crippen LogP contribution in [0.2, 0.25) is 0 Å². The van der Waals surface area contributed by atoms with Crippen LogP contribution in [0, 0.1) is 29.6 Å². The van der Waals surface area contributed by atoms with Crippen molar-refractivity contribution in [3.63, 3.8) is 0 Å². The van der Waals surface area contributed by atoms with Crippen molar-refractivity contribution in [2.75, 3.05) is 21.1 Å². The van der Waals surface area contributed by atoms with Gasteiger partial charge in [-0.1, -0.05) is 112 Å². The number of likely N-dealkylation sites (N-methyl/N-ethyl adjacent to an activating group) is 3. The molecule has 0 saturated carbocycles. The first kappa shape index (κ1) is 43.2. The molecule has 0 unspecified atom stereocenters. The topological polar surface area (TPSA) is 140 Å². The van der Waals surface area contributed by atoms with Gasteiger partial charge in [-0.15, -0.1) is 0 Å². The summed E-state index contributed by atoms with van der Waals surface area (Å²) >= 11 is 0. The fourth-order valence-electron chi connectivity index (χ4n) is 6.24. The van der Waals surface area contributed by atoms with Gasteiger partial charge in [-0.3, -0.25) is 14.4 Å². The molecule has 1 aromatic carbocycles. The largest absolute Gasteiger partial charge is 0.450 e. The number of ether oxygens (including phenoxy) is 3. The molecule has 0 spiro atoms. The third-order valence-corrected chi connectivity index (χ3v) is 10.0. The lowest BCUT2D eigenvalue weighted by molar-refractivity contribution is -0.181. The van der Waals surface area contributed by atoms with Gasteiger partial charge in [0.25, 0.3) is 17.7 Å². The summed E-state index contributed by atoms with van der Waals surface area (Å²) in [7, 11) is 4.36. The second-order valence-corrected chi connectivity index (χ2v) is 15.0. The van der Waals surface area contributed by atoms with E-state index in [1.54, 1.807) is 55.4 Å². The minimum atomic E-state index is -1.31. The molecule has 1 fully saturated rings. The van der Waals surface area contributed by atoms with E-state index in [1.165, 1.54) is 35.8 Å². The van der Waals surface area contributed by atoms with Crippen LogP contribution in [-0.4, -0.2) is 108 Å². The van der Waals surface area contributed by atoms with Gasteiger partial charge in [-0.05, 0) is 35.2 Å². The number of hydrogen-bond acceptors (Lipinski definition) is 9. The van der Waals surface area contributed by atoms with Crippen LogP contribution >= 0.6 is 0 Å². The van der Waals surface area contributed by atoms with E-state index in [2.05, 4.69) is 0 Å². The van der Waals surface area contributed by atoms with E-state index >= 15 is 0 Å². The van der Waals surface area contributed by atoms with Crippen LogP contribution in [0.25, 0.3) is 0 Å². The van der Waals surface area contributed by atoms with Crippen LogP contribution in [0.5, 0.6) is 0 Å². The van der Waals surface area contributed by atoms with Crippen LogP contribution in [0.3, 0.4) is 0 Å². The summed E-state index contributed by atoms with van der Waals surface area (Å²) in [4.78, 5) is 88.5. The average molecular weight is 716 g/mol. The number of amides is 3. The third kappa shape index (κ3) is 10.5. The van der Waals surface area contributed by atoms with E-state index in [0.29, 0.717) is 12.8 Å². The molecule has 286 valence electrons.